The fraction of sp³-hybridized carbons (Fsp3) is 0.907. The molecule has 0 aliphatic carbocycles. The van der Waals surface area contributed by atoms with Crippen LogP contribution in [0.2, 0.25) is 0 Å². The number of nitrogens with two attached hydrogens (primary N) is 1. The van der Waals surface area contributed by atoms with Crippen LogP contribution in [0.25, 0.3) is 0 Å². The highest BCUT2D eigenvalue weighted by molar-refractivity contribution is 5.77. The van der Waals surface area contributed by atoms with Crippen molar-refractivity contribution in [2.75, 3.05) is 26.3 Å². The zero-order valence-corrected chi connectivity index (χ0v) is 39.5. The molecule has 69 heavy (non-hydrogen) atoms. The quantitative estimate of drug-likeness (QED) is 0.0182. The average Bonchev–Trinajstić information content (AvgIpc) is 3.29. The number of hydrogen-bond donors (Lipinski definition) is 16. The molecule has 17 atom stereocenters. The molecule has 0 spiro atoms. The van der Waals surface area contributed by atoms with E-state index < -0.39 is 165 Å². The first kappa shape index (κ1) is 60.5. The van der Waals surface area contributed by atoms with Gasteiger partial charge in [0.05, 0.1) is 55.8 Å². The number of rotatable bonds is 30. The Kier molecular flexibility index (Phi) is 24.4. The molecule has 0 aromatic heterocycles. The smallest absolute Gasteiger partial charge is 0.364 e. The van der Waals surface area contributed by atoms with E-state index in [1.54, 1.807) is 0 Å². The van der Waals surface area contributed by atoms with Crippen molar-refractivity contribution in [1.29, 1.82) is 0 Å². The van der Waals surface area contributed by atoms with Gasteiger partial charge in [-0.2, -0.15) is 0 Å². The summed E-state index contributed by atoms with van der Waals surface area (Å²) in [5.74, 6) is -14.6. The number of carboxylic acids is 2. The lowest BCUT2D eigenvalue weighted by molar-refractivity contribution is -0.405. The topological polar surface area (TPSA) is 442 Å². The number of unbranched alkanes of at least 4 members (excludes halogenated alkanes) is 9. The van der Waals surface area contributed by atoms with Gasteiger partial charge < -0.3 is 112 Å². The molecule has 0 radical (unpaired) electrons. The van der Waals surface area contributed by atoms with Gasteiger partial charge in [-0.1, -0.05) is 71.6 Å². The first-order valence-corrected chi connectivity index (χ1v) is 23.8. The Hall–Kier alpha value is -2.84. The predicted molar refractivity (Wildman–Crippen MR) is 236 cm³/mol. The molecule has 19 N–H and O–H groups in total. The van der Waals surface area contributed by atoms with Crippen molar-refractivity contribution in [3.63, 3.8) is 0 Å². The van der Waals surface area contributed by atoms with Gasteiger partial charge in [0, 0.05) is 39.2 Å². The van der Waals surface area contributed by atoms with Crippen molar-refractivity contribution in [2.45, 2.75) is 220 Å². The van der Waals surface area contributed by atoms with E-state index >= 15 is 0 Å². The molecule has 3 aliphatic heterocycles. The molecule has 2 amide bonds. The second-order valence-electron chi connectivity index (χ2n) is 18.3. The Balaban J connectivity index is 1.88. The first-order valence-electron chi connectivity index (χ1n) is 23.8. The van der Waals surface area contributed by atoms with Gasteiger partial charge in [-0.25, -0.2) is 9.59 Å². The summed E-state index contributed by atoms with van der Waals surface area (Å²) in [7, 11) is 0. The summed E-state index contributed by atoms with van der Waals surface area (Å²) in [4.78, 5) is 49.8. The highest BCUT2D eigenvalue weighted by Gasteiger charge is 2.62. The van der Waals surface area contributed by atoms with Crippen molar-refractivity contribution < 1.29 is 109 Å². The van der Waals surface area contributed by atoms with Crippen LogP contribution in [-0.4, -0.2) is 225 Å². The van der Waals surface area contributed by atoms with E-state index in [0.29, 0.717) is 6.54 Å². The monoisotopic (exact) mass is 1000 g/mol. The zero-order chi connectivity index (χ0) is 51.9. The Morgan fingerprint density at radius 3 is 1.81 bits per heavy atom. The summed E-state index contributed by atoms with van der Waals surface area (Å²) < 4.78 is 28.5. The number of amides is 2. The number of carbonyl (C=O) groups is 4. The van der Waals surface area contributed by atoms with Gasteiger partial charge in [0.15, 0.2) is 12.2 Å². The number of aliphatic carboxylic acids is 2. The van der Waals surface area contributed by atoms with Gasteiger partial charge in [-0.3, -0.25) is 9.59 Å². The van der Waals surface area contributed by atoms with Crippen LogP contribution in [0.3, 0.4) is 0 Å². The van der Waals surface area contributed by atoms with Crippen LogP contribution >= 0.6 is 0 Å². The van der Waals surface area contributed by atoms with Crippen molar-refractivity contribution in [3.05, 3.63) is 0 Å². The second kappa shape index (κ2) is 27.8. The molecule has 3 rings (SSSR count). The van der Waals surface area contributed by atoms with Crippen molar-refractivity contribution >= 4 is 23.8 Å². The third-order valence-electron chi connectivity index (χ3n) is 12.8. The number of carboxylic acid groups (broad SMARTS) is 2. The molecule has 0 aromatic carbocycles. The maximum absolute atomic E-state index is 13.0. The number of carbonyl (C=O) groups excluding carboxylic acids is 2. The Labute approximate surface area is 400 Å². The second-order valence-corrected chi connectivity index (χ2v) is 18.3. The van der Waals surface area contributed by atoms with Gasteiger partial charge >= 0.3 is 11.9 Å². The van der Waals surface area contributed by atoms with Crippen LogP contribution in [0.1, 0.15) is 111 Å². The van der Waals surface area contributed by atoms with Crippen molar-refractivity contribution in [2.24, 2.45) is 5.73 Å². The third kappa shape index (κ3) is 16.1. The molecular weight excluding hydrogens is 924 g/mol. The largest absolute Gasteiger partial charge is 0.477 e. The van der Waals surface area contributed by atoms with Crippen molar-refractivity contribution in [3.8, 4) is 0 Å². The summed E-state index contributed by atoms with van der Waals surface area (Å²) in [6, 6.07) is -4.75. The number of aliphatic hydroxyl groups is 10. The van der Waals surface area contributed by atoms with Gasteiger partial charge in [0.1, 0.15) is 24.4 Å². The average molecular weight is 1000 g/mol. The maximum atomic E-state index is 13.0. The normalized spacial score (nSPS) is 34.1. The minimum atomic E-state index is -3.17. The van der Waals surface area contributed by atoms with E-state index in [0.717, 1.165) is 39.0 Å². The highest BCUT2D eigenvalue weighted by Crippen LogP contribution is 2.40. The highest BCUT2D eigenvalue weighted by atomic mass is 16.8. The number of ether oxygens (including phenoxy) is 5. The van der Waals surface area contributed by atoms with Crippen LogP contribution in [0.5, 0.6) is 0 Å². The molecule has 0 saturated carbocycles. The first-order chi connectivity index (χ1) is 32.5. The van der Waals surface area contributed by atoms with E-state index in [9.17, 15) is 85.6 Å². The Bertz CT molecular complexity index is 1610. The van der Waals surface area contributed by atoms with E-state index in [4.69, 9.17) is 29.4 Å². The number of hydrogen-bond acceptors (Lipinski definition) is 21. The molecule has 0 bridgehead atoms. The van der Waals surface area contributed by atoms with Gasteiger partial charge in [0.2, 0.25) is 30.0 Å². The summed E-state index contributed by atoms with van der Waals surface area (Å²) in [5.41, 5.74) is 6.19. The lowest BCUT2D eigenvalue weighted by Crippen LogP contribution is -2.71. The van der Waals surface area contributed by atoms with E-state index in [2.05, 4.69) is 22.9 Å². The van der Waals surface area contributed by atoms with Crippen LogP contribution in [0.15, 0.2) is 0 Å². The molecule has 402 valence electrons. The van der Waals surface area contributed by atoms with Crippen molar-refractivity contribution in [1.82, 2.24) is 16.0 Å². The molecule has 26 nitrogen and oxygen atoms in total. The van der Waals surface area contributed by atoms with E-state index in [1.165, 1.54) is 39.0 Å². The number of aliphatic hydroxyl groups excluding tert-OH is 8. The molecule has 17 unspecified atom stereocenters. The molecule has 3 fully saturated rings. The van der Waals surface area contributed by atoms with Crippen LogP contribution in [-0.2, 0) is 42.9 Å². The molecule has 0 aromatic rings. The number of nitrogens with one attached hydrogen (secondary N) is 3. The minimum Gasteiger partial charge on any atom is -0.477 e. The SMILES string of the molecule is CCCCCCCCCCCCNCC(O)C1OC(OC(CO)C([OH2+])C2OC(OC(CO)C(O)C3OC(O)(C(=O)O)CC(O)C3NC(C)=O)(C(O)O)CC(O)C2NC(=O)CC)(C(=O)O)CC(O)C1N. The summed E-state index contributed by atoms with van der Waals surface area (Å²) in [5, 5.41) is 147. The lowest BCUT2D eigenvalue weighted by Gasteiger charge is -2.51. The molecule has 26 heteroatoms. The van der Waals surface area contributed by atoms with E-state index in [-0.39, 0.29) is 13.0 Å². The summed E-state index contributed by atoms with van der Waals surface area (Å²) >= 11 is 0. The Morgan fingerprint density at radius 1 is 0.725 bits per heavy atom. The predicted octanol–water partition coefficient (Wildman–Crippen LogP) is -5.20. The fourth-order valence-corrected chi connectivity index (χ4v) is 8.91. The molecular formula is C43H79N4O22+. The standard InChI is InChI=1S/C43H78N4O22/c1-4-6-7-8-9-10-11-12-13-14-15-45-19-26(54)35-30(44)23(51)17-42(68-35,39(60)61)65-28(21-49)34(57)37-32(47-29(55)5-2)25(53)18-43(69-37,40(62)63)66-27(20-48)33(56)36-31(46-22(3)50)24(52)16-41(64,67-36)38(58)59/h23-28,30-37,40,45,48-49,51-54,56-57,62-64H,4-21,44H2,1-3H3,(H,46,50)(H,47,55)(H,58,59)(H,60,61)/p+1. The zero-order valence-electron chi connectivity index (χ0n) is 39.5. The van der Waals surface area contributed by atoms with Gasteiger partial charge in [-0.05, 0) is 13.0 Å². The maximum Gasteiger partial charge on any atom is 0.364 e. The summed E-state index contributed by atoms with van der Waals surface area (Å²) in [6.07, 6.45) is -16.8. The van der Waals surface area contributed by atoms with Crippen LogP contribution < -0.4 is 21.7 Å². The molecule has 3 aliphatic rings. The van der Waals surface area contributed by atoms with Gasteiger partial charge in [-0.15, -0.1) is 0 Å². The molecule has 3 heterocycles. The fourth-order valence-electron chi connectivity index (χ4n) is 8.91. The third-order valence-corrected chi connectivity index (χ3v) is 12.8. The van der Waals surface area contributed by atoms with Crippen LogP contribution in [0, 0.1) is 0 Å². The van der Waals surface area contributed by atoms with E-state index in [1.807, 2.05) is 0 Å². The lowest BCUT2D eigenvalue weighted by atomic mass is 9.87. The Morgan fingerprint density at radius 2 is 1.29 bits per heavy atom. The molecule has 3 saturated heterocycles. The summed E-state index contributed by atoms with van der Waals surface area (Å²) in [6.45, 7) is 2.37. The minimum absolute atomic E-state index is 0.147. The van der Waals surface area contributed by atoms with Gasteiger partial charge in [0.25, 0.3) is 11.6 Å². The van der Waals surface area contributed by atoms with Crippen LogP contribution in [0.4, 0.5) is 0 Å².